The smallest absolute Gasteiger partial charge is 0.180 e. The highest BCUT2D eigenvalue weighted by atomic mass is 16.5. The van der Waals surface area contributed by atoms with Crippen LogP contribution in [0.3, 0.4) is 0 Å². The second-order valence-corrected chi connectivity index (χ2v) is 38.9. The van der Waals surface area contributed by atoms with Gasteiger partial charge in [0.05, 0.1) is 27.4 Å². The van der Waals surface area contributed by atoms with E-state index in [9.17, 15) is 5.11 Å². The molecule has 138 heavy (non-hydrogen) atoms. The van der Waals surface area contributed by atoms with Gasteiger partial charge in [0, 0.05) is 132 Å². The Morgan fingerprint density at radius 2 is 0.783 bits per heavy atom. The molecule has 17 aromatic carbocycles. The molecule has 0 bridgehead atoms. The highest BCUT2D eigenvalue weighted by molar-refractivity contribution is 6.12. The number of anilines is 2. The Kier molecular flexibility index (Phi) is 21.2. The van der Waals surface area contributed by atoms with Crippen molar-refractivity contribution in [2.75, 3.05) is 64.4 Å². The van der Waals surface area contributed by atoms with Crippen molar-refractivity contribution in [3.63, 3.8) is 0 Å². The zero-order valence-electron chi connectivity index (χ0n) is 79.2. The largest absolute Gasteiger partial charge is 0.497 e. The molecule has 0 aromatic heterocycles. The zero-order chi connectivity index (χ0) is 93.2. The normalized spacial score (nSPS) is 19.6. The summed E-state index contributed by atoms with van der Waals surface area (Å²) < 4.78 is 46.4. The maximum Gasteiger partial charge on any atom is 0.180 e. The van der Waals surface area contributed by atoms with E-state index >= 15 is 0 Å². The van der Waals surface area contributed by atoms with E-state index < -0.39 is 28.0 Å². The number of morpholine rings is 1. The monoisotopic (exact) mass is 1800 g/mol. The van der Waals surface area contributed by atoms with E-state index in [0.717, 1.165) is 183 Å². The summed E-state index contributed by atoms with van der Waals surface area (Å²) in [5.74, 6) is 5.12. The van der Waals surface area contributed by atoms with Crippen LogP contribution < -0.4 is 38.2 Å². The average Bonchev–Trinajstić information content (AvgIpc) is 1.69. The van der Waals surface area contributed by atoms with Gasteiger partial charge in [-0.15, -0.1) is 0 Å². The number of ether oxygens (including phenoxy) is 7. The van der Waals surface area contributed by atoms with Crippen LogP contribution in [0.2, 0.25) is 0 Å². The lowest BCUT2D eigenvalue weighted by atomic mass is 9.67. The topological polar surface area (TPSA) is 91.3 Å². The lowest BCUT2D eigenvalue weighted by Gasteiger charge is -2.40. The maximum absolute atomic E-state index is 12.7. The highest BCUT2D eigenvalue weighted by Gasteiger charge is 2.54. The van der Waals surface area contributed by atoms with Crippen LogP contribution in [0.1, 0.15) is 165 Å². The molecule has 1 N–H and O–H groups in total. The van der Waals surface area contributed by atoms with E-state index in [1.165, 1.54) is 117 Å². The molecule has 5 heterocycles. The minimum atomic E-state index is -1.12. The third kappa shape index (κ3) is 13.5. The number of aryl methyl sites for hydroxylation is 2. The predicted molar refractivity (Wildman–Crippen MR) is 563 cm³/mol. The van der Waals surface area contributed by atoms with Crippen LogP contribution in [0.5, 0.6) is 34.5 Å². The van der Waals surface area contributed by atoms with E-state index in [-0.39, 0.29) is 5.41 Å². The molecule has 2 fully saturated rings. The van der Waals surface area contributed by atoms with E-state index in [1.54, 1.807) is 14.2 Å². The molecule has 4 unspecified atom stereocenters. The van der Waals surface area contributed by atoms with Gasteiger partial charge in [-0.25, -0.2) is 0 Å². The first-order valence-electron chi connectivity index (χ1n) is 49.2. The van der Waals surface area contributed by atoms with Crippen LogP contribution in [-0.2, 0) is 38.2 Å². The number of aliphatic hydroxyl groups is 1. The van der Waals surface area contributed by atoms with Gasteiger partial charge >= 0.3 is 0 Å². The van der Waals surface area contributed by atoms with E-state index in [0.29, 0.717) is 6.42 Å². The van der Waals surface area contributed by atoms with Gasteiger partial charge in [0.1, 0.15) is 40.1 Å². The fourth-order valence-electron chi connectivity index (χ4n) is 24.5. The summed E-state index contributed by atoms with van der Waals surface area (Å²) in [7, 11) is 7.53. The van der Waals surface area contributed by atoms with Crippen LogP contribution >= 0.6 is 0 Å². The van der Waals surface area contributed by atoms with Gasteiger partial charge in [-0.3, -0.25) is 0 Å². The number of fused-ring (bicyclic) bond motifs is 31. The molecule has 4 aliphatic carbocycles. The fraction of sp³-hybridized carbons (Fsp3) is 0.203. The first kappa shape index (κ1) is 85.9. The second-order valence-electron chi connectivity index (χ2n) is 38.9. The summed E-state index contributed by atoms with van der Waals surface area (Å²) >= 11 is 0. The third-order valence-corrected chi connectivity index (χ3v) is 31.0. The number of methoxy groups -OCH3 is 2. The summed E-state index contributed by atoms with van der Waals surface area (Å²) in [6.07, 6.45) is 28.6. The van der Waals surface area contributed by atoms with E-state index in [1.807, 2.05) is 24.3 Å². The molecular weight excluding hydrogens is 1690 g/mol. The molecule has 5 aliphatic heterocycles. The number of hydrogen-bond acceptors (Lipinski definition) is 10. The molecule has 4 atom stereocenters. The van der Waals surface area contributed by atoms with Crippen molar-refractivity contribution in [1.29, 1.82) is 0 Å². The van der Waals surface area contributed by atoms with Crippen LogP contribution in [0.15, 0.2) is 352 Å². The van der Waals surface area contributed by atoms with Gasteiger partial charge < -0.3 is 48.1 Å². The highest BCUT2D eigenvalue weighted by Crippen LogP contribution is 2.66. The van der Waals surface area contributed by atoms with Gasteiger partial charge in [0.25, 0.3) is 0 Å². The molecule has 680 valence electrons. The Hall–Kier alpha value is -14.9. The van der Waals surface area contributed by atoms with Gasteiger partial charge in [-0.1, -0.05) is 342 Å². The fourth-order valence-corrected chi connectivity index (χ4v) is 24.5. The molecule has 17 aromatic rings. The van der Waals surface area contributed by atoms with Crippen molar-refractivity contribution in [2.45, 2.75) is 112 Å². The molecule has 10 heteroatoms. The molecule has 0 amide bonds. The number of rotatable bonds is 12. The molecule has 2 spiro atoms. The molecule has 1 saturated carbocycles. The second kappa shape index (κ2) is 34.1. The van der Waals surface area contributed by atoms with Crippen molar-refractivity contribution < 1.29 is 38.3 Å². The predicted octanol–water partition coefficient (Wildman–Crippen LogP) is 29.6. The van der Waals surface area contributed by atoms with Crippen LogP contribution in [0.4, 0.5) is 11.4 Å². The standard InChI is InChI=1S/C48H35NO3.C41H39NO.C39H36O4/c1-2-11-33(12-3-1)47(34-19-21-35(22-20-34)49-28-30-50-31-29-49)26-25-41-45-44(38-14-6-7-15-39(38)46(41)52-47)40-16-8-9-17-42(40)48(45)27-24-37-36-13-5-4-10-32(36)18-23-43(37)51-48;1-42(2)31-23-21-30(22-24-31)41(29-15-7-6-8-16-29)28-25-35-38-37(32-17-9-10-18-33(32)39(35)43-41)34-19-11-12-20-36(34)40(38)26-13-4-3-5-14-27-40;1-6-20-38(40)34-23-25(3)8-18-31(34)35-30-17-7-24(2)22-33(30)37-32(36(35)38)19-21-39(43-37,26-9-13-28(41-4)14-10-26)27-11-15-29(42-5)16-12-27/h1-27H,28-31H2;6-12,15-25,28H,3-5,13-14,26-27H2,1-2H3;7-19,21-23,40H,6,20H2,1-5H3. The molecule has 0 radical (unpaired) electrons. The van der Waals surface area contributed by atoms with Crippen LogP contribution in [-0.4, -0.2) is 59.7 Å². The van der Waals surface area contributed by atoms with Crippen molar-refractivity contribution in [2.24, 2.45) is 0 Å². The lowest BCUT2D eigenvalue weighted by molar-refractivity contribution is 0.0737. The zero-order valence-corrected chi connectivity index (χ0v) is 79.2. The number of nitrogens with zero attached hydrogens (tertiary/aromatic N) is 2. The van der Waals surface area contributed by atoms with E-state index in [4.69, 9.17) is 33.2 Å². The Morgan fingerprint density at radius 3 is 1.36 bits per heavy atom. The van der Waals surface area contributed by atoms with Crippen LogP contribution in [0.25, 0.3) is 101 Å². The Morgan fingerprint density at radius 1 is 0.355 bits per heavy atom. The minimum Gasteiger partial charge on any atom is -0.497 e. The maximum atomic E-state index is 12.7. The first-order valence-corrected chi connectivity index (χ1v) is 49.2. The summed E-state index contributed by atoms with van der Waals surface area (Å²) in [5, 5.41) is 21.9. The Bertz CT molecular complexity index is 7770. The van der Waals surface area contributed by atoms with Gasteiger partial charge in [0.15, 0.2) is 22.4 Å². The molecule has 1 saturated heterocycles. The summed E-state index contributed by atoms with van der Waals surface area (Å²) in [4.78, 5) is 4.54. The number of hydrogen-bond donors (Lipinski definition) is 1. The SMILES string of the molecule is C1=CC(c2ccccc2)(c2ccc(N3CCOCC3)cc2)Oc2c1c1c(c3ccccc23)-c2ccccc2C12C=Cc1c(ccc3ccccc13)O2.CCCC1(O)c2cc(C)ccc2-c2c1c1c(c3cc(C)ccc23)OC(c2ccc(OC)cc2)(c2ccc(OC)cc2)C=C1.CN(C)c1ccc(C2(c3ccccc3)C=Cc3c4c(c5ccccc5c3O2)-c2ccccc2C42CCCCCCC2)cc1. The van der Waals surface area contributed by atoms with Crippen molar-refractivity contribution >= 4 is 78.8 Å². The van der Waals surface area contributed by atoms with Crippen molar-refractivity contribution in [1.82, 2.24) is 0 Å². The summed E-state index contributed by atoms with van der Waals surface area (Å²) in [6.45, 7) is 9.63. The average molecular weight is 1800 g/mol. The molecule has 10 nitrogen and oxygen atoms in total. The van der Waals surface area contributed by atoms with Gasteiger partial charge in [-0.2, -0.15) is 0 Å². The van der Waals surface area contributed by atoms with E-state index in [2.05, 4.69) is 397 Å². The molecule has 26 rings (SSSR count). The van der Waals surface area contributed by atoms with Gasteiger partial charge in [0.2, 0.25) is 0 Å². The minimum absolute atomic E-state index is 0.0221. The molecular formula is C128H110N2O8. The third-order valence-electron chi connectivity index (χ3n) is 31.0. The van der Waals surface area contributed by atoms with Crippen molar-refractivity contribution in [3.8, 4) is 67.9 Å². The molecule has 9 aliphatic rings. The lowest BCUT2D eigenvalue weighted by Crippen LogP contribution is -2.37. The van der Waals surface area contributed by atoms with Gasteiger partial charge in [-0.05, 0) is 201 Å². The quantitative estimate of drug-likeness (QED) is 0.128. The summed E-state index contributed by atoms with van der Waals surface area (Å²) in [5.41, 5.74) is 25.7. The Balaban J connectivity index is 0.000000114. The van der Waals surface area contributed by atoms with Crippen LogP contribution in [0, 0.1) is 13.8 Å². The Labute approximate surface area is 808 Å². The van der Waals surface area contributed by atoms with Crippen molar-refractivity contribution in [3.05, 3.63) is 452 Å². The number of benzene rings is 17. The first-order chi connectivity index (χ1) is 67.7. The summed E-state index contributed by atoms with van der Waals surface area (Å²) in [6, 6.07) is 117.